The summed E-state index contributed by atoms with van der Waals surface area (Å²) in [5, 5.41) is 11.0. The van der Waals surface area contributed by atoms with E-state index in [2.05, 4.69) is 13.8 Å². The lowest BCUT2D eigenvalue weighted by molar-refractivity contribution is -0.384. The number of anilines is 1. The maximum atomic E-state index is 12.8. The van der Waals surface area contributed by atoms with Crippen LogP contribution in [0.2, 0.25) is 0 Å². The summed E-state index contributed by atoms with van der Waals surface area (Å²) in [4.78, 5) is 25.0. The number of nitro benzene ring substituents is 1. The molecule has 0 N–H and O–H groups in total. The lowest BCUT2D eigenvalue weighted by Crippen LogP contribution is -2.39. The quantitative estimate of drug-likeness (QED) is 0.599. The Labute approximate surface area is 152 Å². The average Bonchev–Trinajstić information content (AvgIpc) is 3.04. The van der Waals surface area contributed by atoms with Crippen LogP contribution < -0.4 is 9.64 Å². The lowest BCUT2D eigenvalue weighted by Gasteiger charge is -2.22. The third kappa shape index (κ3) is 3.54. The summed E-state index contributed by atoms with van der Waals surface area (Å²) in [6.07, 6.45) is 0.0110. The molecule has 0 aromatic heterocycles. The van der Waals surface area contributed by atoms with Crippen LogP contribution in [0.4, 0.5) is 11.4 Å². The van der Waals surface area contributed by atoms with Crippen molar-refractivity contribution in [2.45, 2.75) is 39.2 Å². The molecule has 0 radical (unpaired) electrons. The average molecular weight is 354 g/mol. The van der Waals surface area contributed by atoms with Gasteiger partial charge in [0, 0.05) is 18.7 Å². The summed E-state index contributed by atoms with van der Waals surface area (Å²) in [5.74, 6) is 0.824. The van der Waals surface area contributed by atoms with E-state index in [4.69, 9.17) is 4.74 Å². The van der Waals surface area contributed by atoms with Gasteiger partial charge in [0.25, 0.3) is 11.6 Å². The number of nitrogens with zero attached hydrogens (tertiary/aromatic N) is 2. The molecule has 1 unspecified atom stereocenters. The van der Waals surface area contributed by atoms with Crippen LogP contribution in [0.15, 0.2) is 42.5 Å². The van der Waals surface area contributed by atoms with Crippen LogP contribution in [0, 0.1) is 10.1 Å². The summed E-state index contributed by atoms with van der Waals surface area (Å²) in [6.45, 7) is 6.41. The SMILES string of the molecule is CC(Oc1cccc(C(C)C)c1)C(=O)N1CCc2ccc([N+](=O)[O-])cc21. The predicted molar refractivity (Wildman–Crippen MR) is 99.8 cm³/mol. The van der Waals surface area contributed by atoms with E-state index < -0.39 is 11.0 Å². The number of ether oxygens (including phenoxy) is 1. The van der Waals surface area contributed by atoms with Crippen molar-refractivity contribution >= 4 is 17.3 Å². The molecule has 0 aliphatic carbocycles. The zero-order valence-electron chi connectivity index (χ0n) is 15.1. The summed E-state index contributed by atoms with van der Waals surface area (Å²) >= 11 is 0. The highest BCUT2D eigenvalue weighted by atomic mass is 16.6. The number of carbonyl (C=O) groups excluding carboxylic acids is 1. The van der Waals surface area contributed by atoms with Crippen LogP contribution >= 0.6 is 0 Å². The van der Waals surface area contributed by atoms with Gasteiger partial charge in [0.1, 0.15) is 5.75 Å². The monoisotopic (exact) mass is 354 g/mol. The highest BCUT2D eigenvalue weighted by Crippen LogP contribution is 2.32. The van der Waals surface area contributed by atoms with Gasteiger partial charge in [-0.1, -0.05) is 32.0 Å². The molecule has 0 saturated heterocycles. The van der Waals surface area contributed by atoms with E-state index in [1.54, 1.807) is 17.9 Å². The van der Waals surface area contributed by atoms with Crippen LogP contribution in [-0.4, -0.2) is 23.5 Å². The summed E-state index contributed by atoms with van der Waals surface area (Å²) in [5.41, 5.74) is 2.68. The minimum Gasteiger partial charge on any atom is -0.481 e. The van der Waals surface area contributed by atoms with Gasteiger partial charge in [-0.05, 0) is 42.5 Å². The Morgan fingerprint density at radius 2 is 1.96 bits per heavy atom. The number of hydrogen-bond acceptors (Lipinski definition) is 4. The molecule has 0 bridgehead atoms. The van der Waals surface area contributed by atoms with E-state index in [9.17, 15) is 14.9 Å². The molecule has 6 nitrogen and oxygen atoms in total. The Bertz CT molecular complexity index is 847. The second-order valence-corrected chi connectivity index (χ2v) is 6.80. The van der Waals surface area contributed by atoms with E-state index in [-0.39, 0.29) is 11.6 Å². The minimum absolute atomic E-state index is 0.0124. The second kappa shape index (κ2) is 7.15. The van der Waals surface area contributed by atoms with Gasteiger partial charge in [-0.25, -0.2) is 0 Å². The van der Waals surface area contributed by atoms with Crippen molar-refractivity contribution in [3.8, 4) is 5.75 Å². The van der Waals surface area contributed by atoms with Gasteiger partial charge in [-0.2, -0.15) is 0 Å². The molecule has 1 heterocycles. The topological polar surface area (TPSA) is 72.7 Å². The normalized spacial score (nSPS) is 14.2. The first-order chi connectivity index (χ1) is 12.4. The Hall–Kier alpha value is -2.89. The maximum Gasteiger partial charge on any atom is 0.271 e. The number of benzene rings is 2. The summed E-state index contributed by atoms with van der Waals surface area (Å²) in [6, 6.07) is 12.4. The first kappa shape index (κ1) is 17.9. The second-order valence-electron chi connectivity index (χ2n) is 6.80. The van der Waals surface area contributed by atoms with Crippen LogP contribution in [0.1, 0.15) is 37.8 Å². The molecular weight excluding hydrogens is 332 g/mol. The number of rotatable bonds is 5. The van der Waals surface area contributed by atoms with Crippen LogP contribution in [0.25, 0.3) is 0 Å². The molecule has 1 atom stereocenters. The first-order valence-corrected chi connectivity index (χ1v) is 8.72. The highest BCUT2D eigenvalue weighted by molar-refractivity contribution is 5.98. The van der Waals surface area contributed by atoms with Crippen LogP contribution in [-0.2, 0) is 11.2 Å². The molecular formula is C20H22N2O4. The van der Waals surface area contributed by atoms with Crippen LogP contribution in [0.3, 0.4) is 0 Å². The fourth-order valence-electron chi connectivity index (χ4n) is 3.13. The maximum absolute atomic E-state index is 12.8. The lowest BCUT2D eigenvalue weighted by atomic mass is 10.0. The van der Waals surface area contributed by atoms with E-state index in [0.29, 0.717) is 30.3 Å². The molecule has 2 aromatic carbocycles. The Morgan fingerprint density at radius 3 is 2.65 bits per heavy atom. The molecule has 1 amide bonds. The third-order valence-corrected chi connectivity index (χ3v) is 4.63. The Balaban J connectivity index is 1.77. The third-order valence-electron chi connectivity index (χ3n) is 4.63. The van der Waals surface area contributed by atoms with Crippen molar-refractivity contribution in [1.82, 2.24) is 0 Å². The molecule has 2 aromatic rings. The standard InChI is InChI=1S/C20H22N2O4/c1-13(2)16-5-4-6-18(11-16)26-14(3)20(23)21-10-9-15-7-8-17(22(24)25)12-19(15)21/h4-8,11-14H,9-10H2,1-3H3. The van der Waals surface area contributed by atoms with Gasteiger partial charge in [0.15, 0.2) is 6.10 Å². The van der Waals surface area contributed by atoms with Crippen molar-refractivity contribution in [3.63, 3.8) is 0 Å². The Kier molecular flexibility index (Phi) is 4.93. The van der Waals surface area contributed by atoms with E-state index in [1.807, 2.05) is 24.3 Å². The van der Waals surface area contributed by atoms with Gasteiger partial charge < -0.3 is 9.64 Å². The van der Waals surface area contributed by atoms with Crippen molar-refractivity contribution < 1.29 is 14.5 Å². The number of nitro groups is 1. The molecule has 0 fully saturated rings. The Morgan fingerprint density at radius 1 is 1.19 bits per heavy atom. The van der Waals surface area contributed by atoms with Gasteiger partial charge in [-0.15, -0.1) is 0 Å². The number of hydrogen-bond donors (Lipinski definition) is 0. The number of carbonyl (C=O) groups is 1. The molecule has 26 heavy (non-hydrogen) atoms. The zero-order valence-corrected chi connectivity index (χ0v) is 15.1. The molecule has 0 saturated carbocycles. The zero-order chi connectivity index (χ0) is 18.8. The molecule has 0 spiro atoms. The molecule has 136 valence electrons. The largest absolute Gasteiger partial charge is 0.481 e. The smallest absolute Gasteiger partial charge is 0.271 e. The van der Waals surface area contributed by atoms with E-state index >= 15 is 0 Å². The summed E-state index contributed by atoms with van der Waals surface area (Å²) < 4.78 is 5.85. The molecule has 1 aliphatic rings. The van der Waals surface area contributed by atoms with Gasteiger partial charge in [-0.3, -0.25) is 14.9 Å². The molecule has 6 heteroatoms. The fourth-order valence-corrected chi connectivity index (χ4v) is 3.13. The van der Waals surface area contributed by atoms with Crippen molar-refractivity contribution in [2.24, 2.45) is 0 Å². The predicted octanol–water partition coefficient (Wildman–Crippen LogP) is 4.07. The van der Waals surface area contributed by atoms with E-state index in [0.717, 1.165) is 11.1 Å². The molecule has 1 aliphatic heterocycles. The van der Waals surface area contributed by atoms with Crippen LogP contribution in [0.5, 0.6) is 5.75 Å². The van der Waals surface area contributed by atoms with Crippen molar-refractivity contribution in [1.29, 1.82) is 0 Å². The number of amides is 1. The minimum atomic E-state index is -0.678. The number of non-ortho nitro benzene ring substituents is 1. The highest BCUT2D eigenvalue weighted by Gasteiger charge is 2.30. The van der Waals surface area contributed by atoms with Gasteiger partial charge in [0.05, 0.1) is 10.6 Å². The van der Waals surface area contributed by atoms with E-state index in [1.165, 1.54) is 12.1 Å². The van der Waals surface area contributed by atoms with Crippen molar-refractivity contribution in [3.05, 3.63) is 63.7 Å². The van der Waals surface area contributed by atoms with Gasteiger partial charge in [0.2, 0.25) is 0 Å². The van der Waals surface area contributed by atoms with Crippen molar-refractivity contribution in [2.75, 3.05) is 11.4 Å². The fraction of sp³-hybridized carbons (Fsp3) is 0.350. The summed E-state index contributed by atoms with van der Waals surface area (Å²) in [7, 11) is 0. The first-order valence-electron chi connectivity index (χ1n) is 8.72. The number of fused-ring (bicyclic) bond motifs is 1. The molecule has 3 rings (SSSR count). The van der Waals surface area contributed by atoms with Gasteiger partial charge >= 0.3 is 0 Å².